The number of hydrogen-bond donors (Lipinski definition) is 1. The first-order chi connectivity index (χ1) is 8.13. The van der Waals surface area contributed by atoms with Gasteiger partial charge in [-0.15, -0.1) is 0 Å². The Kier molecular flexibility index (Phi) is 4.70. The minimum Gasteiger partial charge on any atom is -0.352 e. The Labute approximate surface area is 102 Å². The monoisotopic (exact) mass is 229 g/mol. The summed E-state index contributed by atoms with van der Waals surface area (Å²) in [4.78, 5) is 15.2. The van der Waals surface area contributed by atoms with Crippen LogP contribution in [0.25, 0.3) is 12.2 Å². The lowest BCUT2D eigenvalue weighted by molar-refractivity contribution is 0.0922. The topological polar surface area (TPSA) is 32.9 Å². The first kappa shape index (κ1) is 13.2. The Hall–Kier alpha value is -1.83. The number of allylic oxidation sites excluding steroid dienone is 2. The number of carbonyl (C=O) groups is 1. The number of carbonyl (C=O) groups excluding carboxylic acids is 1. The Morgan fingerprint density at radius 2 is 2.06 bits per heavy atom. The molecule has 2 nitrogen and oxygen atoms in total. The van der Waals surface area contributed by atoms with Gasteiger partial charge in [0.1, 0.15) is 0 Å². The Morgan fingerprint density at radius 1 is 1.41 bits per heavy atom. The SMILES string of the molecule is C=C/C=c1/cc(C(=O)C(C)CC)[nH]/c1=C/C=C. The van der Waals surface area contributed by atoms with Crippen LogP contribution < -0.4 is 10.6 Å². The van der Waals surface area contributed by atoms with Crippen LogP contribution in [0.2, 0.25) is 0 Å². The van der Waals surface area contributed by atoms with Crippen LogP contribution in [-0.4, -0.2) is 10.8 Å². The van der Waals surface area contributed by atoms with E-state index in [9.17, 15) is 4.79 Å². The highest BCUT2D eigenvalue weighted by Crippen LogP contribution is 2.07. The van der Waals surface area contributed by atoms with Crippen molar-refractivity contribution < 1.29 is 4.79 Å². The molecule has 0 aromatic carbocycles. The minimum absolute atomic E-state index is 0.0433. The molecule has 1 atom stereocenters. The van der Waals surface area contributed by atoms with Gasteiger partial charge < -0.3 is 4.98 Å². The highest BCUT2D eigenvalue weighted by molar-refractivity contribution is 5.96. The lowest BCUT2D eigenvalue weighted by atomic mass is 10.0. The normalized spacial score (nSPS) is 14.7. The summed E-state index contributed by atoms with van der Waals surface area (Å²) in [7, 11) is 0. The van der Waals surface area contributed by atoms with Crippen molar-refractivity contribution in [2.75, 3.05) is 0 Å². The van der Waals surface area contributed by atoms with Gasteiger partial charge in [-0.3, -0.25) is 4.79 Å². The van der Waals surface area contributed by atoms with Gasteiger partial charge in [0.2, 0.25) is 0 Å². The lowest BCUT2D eigenvalue weighted by Crippen LogP contribution is -2.21. The number of H-pyrrole nitrogens is 1. The third-order valence-corrected chi connectivity index (χ3v) is 2.79. The molecule has 17 heavy (non-hydrogen) atoms. The molecule has 1 aromatic heterocycles. The van der Waals surface area contributed by atoms with Crippen molar-refractivity contribution in [3.63, 3.8) is 0 Å². The van der Waals surface area contributed by atoms with Gasteiger partial charge in [0.25, 0.3) is 0 Å². The van der Waals surface area contributed by atoms with Crippen LogP contribution in [0.3, 0.4) is 0 Å². The van der Waals surface area contributed by atoms with Crippen molar-refractivity contribution in [3.05, 3.63) is 47.6 Å². The summed E-state index contributed by atoms with van der Waals surface area (Å²) in [6.07, 6.45) is 7.98. The third kappa shape index (κ3) is 3.06. The van der Waals surface area contributed by atoms with E-state index < -0.39 is 0 Å². The average Bonchev–Trinajstić information content (AvgIpc) is 2.72. The smallest absolute Gasteiger partial charge is 0.181 e. The van der Waals surface area contributed by atoms with E-state index in [0.717, 1.165) is 17.0 Å². The Bertz CT molecular complexity index is 496. The van der Waals surface area contributed by atoms with Gasteiger partial charge in [-0.05, 0) is 18.6 Å². The first-order valence-electron chi connectivity index (χ1n) is 5.82. The molecule has 0 saturated carbocycles. The maximum atomic E-state index is 12.0. The summed E-state index contributed by atoms with van der Waals surface area (Å²) in [5.41, 5.74) is 0.653. The van der Waals surface area contributed by atoms with E-state index in [1.807, 2.05) is 32.1 Å². The van der Waals surface area contributed by atoms with E-state index >= 15 is 0 Å². The summed E-state index contributed by atoms with van der Waals surface area (Å²) >= 11 is 0. The maximum absolute atomic E-state index is 12.0. The molecule has 0 saturated heterocycles. The van der Waals surface area contributed by atoms with Crippen molar-refractivity contribution in [1.29, 1.82) is 0 Å². The highest BCUT2D eigenvalue weighted by atomic mass is 16.1. The predicted molar refractivity (Wildman–Crippen MR) is 73.2 cm³/mol. The largest absolute Gasteiger partial charge is 0.352 e. The van der Waals surface area contributed by atoms with Crippen LogP contribution in [0.5, 0.6) is 0 Å². The third-order valence-electron chi connectivity index (χ3n) is 2.79. The molecule has 0 aliphatic heterocycles. The summed E-state index contributed by atoms with van der Waals surface area (Å²) in [5.74, 6) is 0.191. The van der Waals surface area contributed by atoms with Gasteiger partial charge in [-0.1, -0.05) is 45.2 Å². The number of aromatic amines is 1. The standard InChI is InChI=1S/C15H19NO/c1-5-8-12-10-14(15(17)11(4)7-3)16-13(12)9-6-2/h5-6,8-11,16H,1-2,7H2,3-4H3/b12-8-,13-9+. The van der Waals surface area contributed by atoms with E-state index in [0.29, 0.717) is 5.69 Å². The van der Waals surface area contributed by atoms with E-state index in [4.69, 9.17) is 0 Å². The summed E-state index contributed by atoms with van der Waals surface area (Å²) < 4.78 is 0. The fourth-order valence-corrected chi connectivity index (χ4v) is 1.59. The second kappa shape index (κ2) is 6.04. The molecule has 0 spiro atoms. The van der Waals surface area contributed by atoms with Crippen LogP contribution in [0.15, 0.2) is 31.4 Å². The van der Waals surface area contributed by atoms with Crippen molar-refractivity contribution in [2.24, 2.45) is 5.92 Å². The van der Waals surface area contributed by atoms with Gasteiger partial charge in [-0.25, -0.2) is 0 Å². The number of aromatic nitrogens is 1. The molecule has 90 valence electrons. The number of nitrogens with one attached hydrogen (secondary N) is 1. The fraction of sp³-hybridized carbons (Fsp3) is 0.267. The number of rotatable bonds is 5. The van der Waals surface area contributed by atoms with E-state index in [2.05, 4.69) is 18.1 Å². The molecule has 1 rings (SSSR count). The van der Waals surface area contributed by atoms with E-state index in [1.54, 1.807) is 12.2 Å². The number of Topliss-reactive ketones (excluding diaryl/α,β-unsaturated/α-hetero) is 1. The second-order valence-corrected chi connectivity index (χ2v) is 4.03. The van der Waals surface area contributed by atoms with Crippen LogP contribution in [0, 0.1) is 5.92 Å². The molecule has 1 heterocycles. The summed E-state index contributed by atoms with van der Waals surface area (Å²) in [6.45, 7) is 11.3. The van der Waals surface area contributed by atoms with Crippen LogP contribution in [-0.2, 0) is 0 Å². The quantitative estimate of drug-likeness (QED) is 0.771. The zero-order valence-electron chi connectivity index (χ0n) is 10.5. The molecular weight excluding hydrogens is 210 g/mol. The van der Waals surface area contributed by atoms with E-state index in [-0.39, 0.29) is 11.7 Å². The molecule has 0 fully saturated rings. The first-order valence-corrected chi connectivity index (χ1v) is 5.82. The Morgan fingerprint density at radius 3 is 2.59 bits per heavy atom. The zero-order valence-corrected chi connectivity index (χ0v) is 10.5. The number of hydrogen-bond acceptors (Lipinski definition) is 1. The molecular formula is C15H19NO. The summed E-state index contributed by atoms with van der Waals surface area (Å²) in [5, 5.41) is 1.86. The molecule has 0 radical (unpaired) electrons. The fourth-order valence-electron chi connectivity index (χ4n) is 1.59. The zero-order chi connectivity index (χ0) is 12.8. The average molecular weight is 229 g/mol. The van der Waals surface area contributed by atoms with Crippen LogP contribution in [0.1, 0.15) is 30.8 Å². The predicted octanol–water partition coefficient (Wildman–Crippen LogP) is 2.18. The van der Waals surface area contributed by atoms with Crippen LogP contribution in [0.4, 0.5) is 0 Å². The molecule has 1 unspecified atom stereocenters. The van der Waals surface area contributed by atoms with Gasteiger partial charge in [0, 0.05) is 16.5 Å². The van der Waals surface area contributed by atoms with Gasteiger partial charge in [-0.2, -0.15) is 0 Å². The van der Waals surface area contributed by atoms with Gasteiger partial charge in [0.15, 0.2) is 5.78 Å². The molecule has 0 aliphatic carbocycles. The molecule has 1 aromatic rings. The Balaban J connectivity index is 3.31. The molecule has 0 bridgehead atoms. The molecule has 1 N–H and O–H groups in total. The molecule has 2 heteroatoms. The maximum Gasteiger partial charge on any atom is 0.181 e. The lowest BCUT2D eigenvalue weighted by Gasteiger charge is -2.03. The minimum atomic E-state index is 0.0433. The molecule has 0 aliphatic rings. The van der Waals surface area contributed by atoms with E-state index in [1.165, 1.54) is 0 Å². The van der Waals surface area contributed by atoms with Crippen molar-refractivity contribution in [3.8, 4) is 0 Å². The van der Waals surface area contributed by atoms with Crippen molar-refractivity contribution >= 4 is 17.9 Å². The summed E-state index contributed by atoms with van der Waals surface area (Å²) in [6, 6.07) is 1.87. The van der Waals surface area contributed by atoms with Gasteiger partial charge >= 0.3 is 0 Å². The van der Waals surface area contributed by atoms with Gasteiger partial charge in [0.05, 0.1) is 5.69 Å². The second-order valence-electron chi connectivity index (χ2n) is 4.03. The molecule has 0 amide bonds. The van der Waals surface area contributed by atoms with Crippen molar-refractivity contribution in [2.45, 2.75) is 20.3 Å². The number of ketones is 1. The highest BCUT2D eigenvalue weighted by Gasteiger charge is 2.14. The van der Waals surface area contributed by atoms with Crippen LogP contribution >= 0.6 is 0 Å². The van der Waals surface area contributed by atoms with Crippen molar-refractivity contribution in [1.82, 2.24) is 4.98 Å².